The minimum Gasteiger partial charge on any atom is -0.504 e. The van der Waals surface area contributed by atoms with Crippen LogP contribution in [0.25, 0.3) is 0 Å². The predicted molar refractivity (Wildman–Crippen MR) is 176 cm³/mol. The van der Waals surface area contributed by atoms with Gasteiger partial charge in [-0.05, 0) is 12.1 Å². The lowest BCUT2D eigenvalue weighted by Gasteiger charge is -2.48. The lowest BCUT2D eigenvalue weighted by molar-refractivity contribution is -0.349. The Balaban J connectivity index is 1.30. The van der Waals surface area contributed by atoms with E-state index in [1.165, 1.54) is 6.07 Å². The van der Waals surface area contributed by atoms with E-state index >= 15 is 0 Å². The molecule has 314 valence electrons. The van der Waals surface area contributed by atoms with Crippen LogP contribution in [-0.4, -0.2) is 166 Å². The van der Waals surface area contributed by atoms with E-state index in [4.69, 9.17) is 52.1 Å². The molecule has 0 aromatic heterocycles. The van der Waals surface area contributed by atoms with Crippen LogP contribution >= 0.6 is 0 Å². The fraction of sp³-hybridized carbons (Fsp3) is 0.629. The summed E-state index contributed by atoms with van der Waals surface area (Å²) in [4.78, 5) is 63.4. The van der Waals surface area contributed by atoms with Crippen molar-refractivity contribution < 1.29 is 107 Å². The van der Waals surface area contributed by atoms with E-state index < -0.39 is 145 Å². The highest BCUT2D eigenvalue weighted by Gasteiger charge is 2.62. The number of fused-ring (bicyclic) bond motifs is 1. The third kappa shape index (κ3) is 8.78. The van der Waals surface area contributed by atoms with Crippen molar-refractivity contribution in [1.82, 2.24) is 0 Å². The summed E-state index contributed by atoms with van der Waals surface area (Å²) in [6.45, 7) is 1.64. The molecule has 14 atom stereocenters. The fourth-order valence-electron chi connectivity index (χ4n) is 6.99. The number of benzene rings is 1. The monoisotopic (exact) mass is 814 g/mol. The second-order valence-corrected chi connectivity index (χ2v) is 13.7. The minimum atomic E-state index is -1.87. The van der Waals surface area contributed by atoms with Gasteiger partial charge < -0.3 is 82.7 Å². The quantitative estimate of drug-likeness (QED) is 0.0705. The molecule has 1 aromatic carbocycles. The molecule has 4 saturated heterocycles. The van der Waals surface area contributed by atoms with Gasteiger partial charge in [-0.3, -0.25) is 14.4 Å². The van der Waals surface area contributed by atoms with Crippen molar-refractivity contribution in [2.24, 2.45) is 5.92 Å². The van der Waals surface area contributed by atoms with Gasteiger partial charge in [0.2, 0.25) is 18.9 Å². The molecule has 0 bridgehead atoms. The highest BCUT2D eigenvalue weighted by atomic mass is 16.8. The molecule has 0 radical (unpaired) electrons. The van der Waals surface area contributed by atoms with Crippen LogP contribution in [0.3, 0.4) is 0 Å². The van der Waals surface area contributed by atoms with Gasteiger partial charge in [0, 0.05) is 27.2 Å². The number of hydrogen-bond donors (Lipinski definition) is 6. The molecule has 0 aliphatic carbocycles. The average molecular weight is 815 g/mol. The number of aliphatic hydroxyl groups excluding tert-OH is 4. The molecule has 0 spiro atoms. The van der Waals surface area contributed by atoms with Gasteiger partial charge in [0.05, 0.1) is 38.1 Å². The average Bonchev–Trinajstić information content (AvgIpc) is 3.98. The van der Waals surface area contributed by atoms with Crippen LogP contribution in [0, 0.1) is 5.92 Å². The van der Waals surface area contributed by atoms with Gasteiger partial charge in [0.15, 0.2) is 29.8 Å². The van der Waals surface area contributed by atoms with E-state index in [9.17, 15) is 54.6 Å². The molecular weight excluding hydrogens is 772 g/mol. The molecule has 6 N–H and O–H groups in total. The maximum absolute atomic E-state index is 13.8. The first-order chi connectivity index (χ1) is 27.0. The number of para-hydroxylation sites is 1. The molecule has 22 nitrogen and oxygen atoms in total. The van der Waals surface area contributed by atoms with Crippen molar-refractivity contribution in [3.63, 3.8) is 0 Å². The summed E-state index contributed by atoms with van der Waals surface area (Å²) in [6.07, 6.45) is -18.4. The fourth-order valence-corrected chi connectivity index (χ4v) is 6.99. The number of epoxide rings is 1. The molecule has 5 heterocycles. The molecule has 5 aliphatic heterocycles. The number of ether oxygens (including phenoxy) is 11. The highest BCUT2D eigenvalue weighted by molar-refractivity contribution is 5.93. The summed E-state index contributed by atoms with van der Waals surface area (Å²) in [5, 5.41) is 63.0. The van der Waals surface area contributed by atoms with Gasteiger partial charge in [-0.2, -0.15) is 0 Å². The number of aliphatic hydroxyl groups is 5. The van der Waals surface area contributed by atoms with Crippen molar-refractivity contribution >= 4 is 29.8 Å². The smallest absolute Gasteiger partial charge is 0.342 e. The summed E-state index contributed by atoms with van der Waals surface area (Å²) in [5.74, 6) is -7.31. The Kier molecular flexibility index (Phi) is 12.6. The summed E-state index contributed by atoms with van der Waals surface area (Å²) in [6, 6.07) is 3.47. The molecule has 57 heavy (non-hydrogen) atoms. The normalized spacial score (nSPS) is 37.2. The van der Waals surface area contributed by atoms with Gasteiger partial charge in [-0.25, -0.2) is 9.59 Å². The number of aromatic hydroxyl groups is 1. The second-order valence-electron chi connectivity index (χ2n) is 13.7. The summed E-state index contributed by atoms with van der Waals surface area (Å²) < 4.78 is 61.3. The van der Waals surface area contributed by atoms with Crippen molar-refractivity contribution in [2.45, 2.75) is 107 Å². The zero-order chi connectivity index (χ0) is 41.3. The van der Waals surface area contributed by atoms with Crippen LogP contribution in [0.4, 0.5) is 0 Å². The number of phenols is 1. The van der Waals surface area contributed by atoms with Gasteiger partial charge in [-0.1, -0.05) is 6.07 Å². The molecule has 4 fully saturated rings. The van der Waals surface area contributed by atoms with E-state index in [2.05, 4.69) is 0 Å². The predicted octanol–water partition coefficient (Wildman–Crippen LogP) is -2.80. The maximum atomic E-state index is 13.8. The first-order valence-electron chi connectivity index (χ1n) is 17.7. The standard InChI is InChI=1S/C35H42O22/c1-13(37)48-12-21-27(56-30(44)16-5-4-6-18(23(16)40)53-33-26(43)25(42)24(41)19(9-36)54-33)28(51-14(2)38)29(52-15(3)39)34(55-21)57-32-22(20-11-49-20)35(46)7-8-47-31(45)17(35)10-50-32/h4-6,10,19-22,24-29,32-34,36,40-43,46H,7-9,11-12H2,1-3H3. The zero-order valence-corrected chi connectivity index (χ0v) is 30.6. The Labute approximate surface area is 322 Å². The Bertz CT molecular complexity index is 1730. The maximum Gasteiger partial charge on any atom is 0.342 e. The van der Waals surface area contributed by atoms with Crippen LogP contribution < -0.4 is 4.74 Å². The minimum absolute atomic E-state index is 0.0536. The van der Waals surface area contributed by atoms with E-state index in [-0.39, 0.29) is 25.2 Å². The molecule has 5 aliphatic rings. The topological polar surface area (TPSA) is 312 Å². The largest absolute Gasteiger partial charge is 0.504 e. The van der Waals surface area contributed by atoms with E-state index in [1.807, 2.05) is 0 Å². The van der Waals surface area contributed by atoms with Gasteiger partial charge in [0.25, 0.3) is 0 Å². The molecular formula is C35H42O22. The van der Waals surface area contributed by atoms with E-state index in [0.717, 1.165) is 39.2 Å². The summed E-state index contributed by atoms with van der Waals surface area (Å²) in [5.41, 5.74) is -2.62. The molecule has 0 saturated carbocycles. The van der Waals surface area contributed by atoms with Gasteiger partial charge in [0.1, 0.15) is 53.9 Å². The van der Waals surface area contributed by atoms with Crippen molar-refractivity contribution in [3.05, 3.63) is 35.6 Å². The van der Waals surface area contributed by atoms with Crippen molar-refractivity contribution in [1.29, 1.82) is 0 Å². The molecule has 0 amide bonds. The Morgan fingerprint density at radius 2 is 1.54 bits per heavy atom. The van der Waals surface area contributed by atoms with Crippen LogP contribution in [-0.2, 0) is 66.5 Å². The van der Waals surface area contributed by atoms with E-state index in [0.29, 0.717) is 0 Å². The number of cyclic esters (lactones) is 1. The Hall–Kier alpha value is -4.65. The van der Waals surface area contributed by atoms with Gasteiger partial charge in [-0.15, -0.1) is 0 Å². The zero-order valence-electron chi connectivity index (χ0n) is 30.6. The first kappa shape index (κ1) is 42.0. The second kappa shape index (κ2) is 17.1. The van der Waals surface area contributed by atoms with Crippen LogP contribution in [0.15, 0.2) is 30.0 Å². The lowest BCUT2D eigenvalue weighted by Crippen LogP contribution is -2.64. The van der Waals surface area contributed by atoms with Crippen molar-refractivity contribution in [2.75, 3.05) is 26.4 Å². The summed E-state index contributed by atoms with van der Waals surface area (Å²) in [7, 11) is 0. The highest BCUT2D eigenvalue weighted by Crippen LogP contribution is 2.47. The number of hydrogen-bond acceptors (Lipinski definition) is 22. The SMILES string of the molecule is CC(=O)OCC1OC(OC2OC=C3C(=O)OCCC3(O)C2C2CO2)C(OC(C)=O)C(OC(C)=O)C1OC(=O)c1cccc(OC2OC(CO)C(O)C(O)C2O)c1O. The van der Waals surface area contributed by atoms with Crippen LogP contribution in [0.1, 0.15) is 37.6 Å². The molecule has 6 rings (SSSR count). The van der Waals surface area contributed by atoms with Crippen LogP contribution in [0.2, 0.25) is 0 Å². The molecule has 22 heteroatoms. The Morgan fingerprint density at radius 1 is 0.860 bits per heavy atom. The molecule has 1 aromatic rings. The number of carbonyl (C=O) groups is 5. The first-order valence-corrected chi connectivity index (χ1v) is 17.7. The van der Waals surface area contributed by atoms with Gasteiger partial charge >= 0.3 is 29.8 Å². The lowest BCUT2D eigenvalue weighted by atomic mass is 9.74. The number of esters is 5. The van der Waals surface area contributed by atoms with Crippen LogP contribution in [0.5, 0.6) is 11.5 Å². The van der Waals surface area contributed by atoms with E-state index in [1.54, 1.807) is 0 Å². The van der Waals surface area contributed by atoms with Crippen molar-refractivity contribution in [3.8, 4) is 11.5 Å². The third-order valence-electron chi connectivity index (χ3n) is 9.80. The number of phenolic OH excluding ortho intramolecular Hbond substituents is 1. The third-order valence-corrected chi connectivity index (χ3v) is 9.80. The number of carbonyl (C=O) groups excluding carboxylic acids is 5. The molecule has 14 unspecified atom stereocenters. The number of rotatable bonds is 12. The Morgan fingerprint density at radius 3 is 2.19 bits per heavy atom. The summed E-state index contributed by atoms with van der Waals surface area (Å²) >= 11 is 0.